The van der Waals surface area contributed by atoms with Crippen LogP contribution in [0.5, 0.6) is 0 Å². The summed E-state index contributed by atoms with van der Waals surface area (Å²) in [4.78, 5) is 4.01. The average Bonchev–Trinajstić information content (AvgIpc) is 2.40. The van der Waals surface area contributed by atoms with Crippen LogP contribution in [0.2, 0.25) is 5.02 Å². The monoisotopic (exact) mass is 260 g/mol. The Hall–Kier alpha value is -1.38. The third kappa shape index (κ3) is 4.13. The second-order valence-electron chi connectivity index (χ2n) is 4.47. The number of nitrogens with one attached hydrogen (secondary N) is 1. The molecule has 3 heteroatoms. The molecule has 0 amide bonds. The maximum absolute atomic E-state index is 5.87. The van der Waals surface area contributed by atoms with Crippen molar-refractivity contribution in [2.45, 2.75) is 25.9 Å². The van der Waals surface area contributed by atoms with E-state index in [2.05, 4.69) is 29.4 Å². The normalized spacial score (nSPS) is 12.3. The van der Waals surface area contributed by atoms with Crippen LogP contribution in [0.4, 0.5) is 0 Å². The minimum absolute atomic E-state index is 0.430. The van der Waals surface area contributed by atoms with Crippen molar-refractivity contribution in [2.24, 2.45) is 0 Å². The Morgan fingerprint density at radius 1 is 1.06 bits per heavy atom. The summed E-state index contributed by atoms with van der Waals surface area (Å²) in [5, 5.41) is 4.29. The summed E-state index contributed by atoms with van der Waals surface area (Å²) in [6, 6.07) is 12.5. The summed E-state index contributed by atoms with van der Waals surface area (Å²) < 4.78 is 0. The van der Waals surface area contributed by atoms with Gasteiger partial charge in [0, 0.05) is 30.0 Å². The quantitative estimate of drug-likeness (QED) is 0.891. The van der Waals surface area contributed by atoms with E-state index in [1.54, 1.807) is 0 Å². The minimum Gasteiger partial charge on any atom is -0.310 e. The fourth-order valence-electron chi connectivity index (χ4n) is 1.84. The number of pyridine rings is 1. The predicted molar refractivity (Wildman–Crippen MR) is 75.7 cm³/mol. The van der Waals surface area contributed by atoms with Gasteiger partial charge in [-0.2, -0.15) is 0 Å². The zero-order valence-electron chi connectivity index (χ0n) is 10.4. The number of hydrogen-bond acceptors (Lipinski definition) is 2. The van der Waals surface area contributed by atoms with Crippen molar-refractivity contribution < 1.29 is 0 Å². The molecule has 0 aliphatic heterocycles. The molecule has 1 aromatic carbocycles. The molecule has 1 unspecified atom stereocenters. The Kier molecular flexibility index (Phi) is 4.73. The molecule has 1 atom stereocenters. The Morgan fingerprint density at radius 2 is 1.72 bits per heavy atom. The predicted octanol–water partition coefficient (Wildman–Crippen LogP) is 3.46. The van der Waals surface area contributed by atoms with Crippen molar-refractivity contribution in [1.29, 1.82) is 0 Å². The molecular formula is C15H17ClN2. The molecule has 0 saturated heterocycles. The molecule has 0 fully saturated rings. The van der Waals surface area contributed by atoms with Crippen LogP contribution in [0.25, 0.3) is 0 Å². The molecular weight excluding hydrogens is 244 g/mol. The van der Waals surface area contributed by atoms with E-state index >= 15 is 0 Å². The zero-order chi connectivity index (χ0) is 12.8. The summed E-state index contributed by atoms with van der Waals surface area (Å²) in [5.41, 5.74) is 2.56. The van der Waals surface area contributed by atoms with E-state index < -0.39 is 0 Å². The highest BCUT2D eigenvalue weighted by molar-refractivity contribution is 6.30. The van der Waals surface area contributed by atoms with Crippen molar-refractivity contribution in [3.8, 4) is 0 Å². The smallest absolute Gasteiger partial charge is 0.0406 e. The third-order valence-electron chi connectivity index (χ3n) is 2.86. The van der Waals surface area contributed by atoms with E-state index in [1.165, 1.54) is 11.1 Å². The van der Waals surface area contributed by atoms with Crippen LogP contribution in [-0.4, -0.2) is 11.0 Å². The molecule has 2 nitrogen and oxygen atoms in total. The Labute approximate surface area is 113 Å². The van der Waals surface area contributed by atoms with Crippen LogP contribution in [0.15, 0.2) is 48.8 Å². The van der Waals surface area contributed by atoms with Crippen molar-refractivity contribution in [3.05, 3.63) is 64.9 Å². The van der Waals surface area contributed by atoms with Crippen LogP contribution in [0.3, 0.4) is 0 Å². The summed E-state index contributed by atoms with van der Waals surface area (Å²) in [7, 11) is 0. The van der Waals surface area contributed by atoms with Crippen molar-refractivity contribution in [1.82, 2.24) is 10.3 Å². The van der Waals surface area contributed by atoms with E-state index in [9.17, 15) is 0 Å². The number of benzene rings is 1. The van der Waals surface area contributed by atoms with Gasteiger partial charge in [0.2, 0.25) is 0 Å². The number of halogens is 1. The van der Waals surface area contributed by atoms with E-state index in [-0.39, 0.29) is 0 Å². The van der Waals surface area contributed by atoms with Crippen LogP contribution < -0.4 is 5.32 Å². The molecule has 2 aromatic rings. The fourth-order valence-corrected chi connectivity index (χ4v) is 1.96. The lowest BCUT2D eigenvalue weighted by atomic mass is 10.1. The lowest BCUT2D eigenvalue weighted by Crippen LogP contribution is -2.27. The molecule has 0 spiro atoms. The van der Waals surface area contributed by atoms with Gasteiger partial charge in [-0.3, -0.25) is 4.98 Å². The highest BCUT2D eigenvalue weighted by Crippen LogP contribution is 2.11. The summed E-state index contributed by atoms with van der Waals surface area (Å²) in [5.74, 6) is 0. The zero-order valence-corrected chi connectivity index (χ0v) is 11.2. The van der Waals surface area contributed by atoms with Crippen LogP contribution in [0.1, 0.15) is 18.1 Å². The molecule has 1 aromatic heterocycles. The Bertz CT molecular complexity index is 468. The second-order valence-corrected chi connectivity index (χ2v) is 4.90. The average molecular weight is 261 g/mol. The standard InChI is InChI=1S/C15H17ClN2/c1-12(10-13-2-4-15(16)5-3-13)18-11-14-6-8-17-9-7-14/h2-9,12,18H,10-11H2,1H3. The highest BCUT2D eigenvalue weighted by Gasteiger charge is 2.03. The topological polar surface area (TPSA) is 24.9 Å². The third-order valence-corrected chi connectivity index (χ3v) is 3.11. The lowest BCUT2D eigenvalue weighted by Gasteiger charge is -2.14. The first kappa shape index (κ1) is 13.1. The van der Waals surface area contributed by atoms with E-state index in [0.29, 0.717) is 6.04 Å². The molecule has 1 heterocycles. The number of rotatable bonds is 5. The molecule has 94 valence electrons. The highest BCUT2D eigenvalue weighted by atomic mass is 35.5. The van der Waals surface area contributed by atoms with Crippen LogP contribution in [0, 0.1) is 0 Å². The van der Waals surface area contributed by atoms with Gasteiger partial charge in [0.25, 0.3) is 0 Å². The van der Waals surface area contributed by atoms with Gasteiger partial charge in [0.05, 0.1) is 0 Å². The fraction of sp³-hybridized carbons (Fsp3) is 0.267. The molecule has 0 aliphatic rings. The Morgan fingerprint density at radius 3 is 2.39 bits per heavy atom. The maximum atomic E-state index is 5.87. The van der Waals surface area contributed by atoms with Gasteiger partial charge in [0.1, 0.15) is 0 Å². The number of hydrogen-bond donors (Lipinski definition) is 1. The molecule has 18 heavy (non-hydrogen) atoms. The van der Waals surface area contributed by atoms with Crippen molar-refractivity contribution in [2.75, 3.05) is 0 Å². The van der Waals surface area contributed by atoms with Gasteiger partial charge < -0.3 is 5.32 Å². The van der Waals surface area contributed by atoms with Crippen LogP contribution in [-0.2, 0) is 13.0 Å². The van der Waals surface area contributed by atoms with Gasteiger partial charge >= 0.3 is 0 Å². The molecule has 0 bridgehead atoms. The number of nitrogens with zero attached hydrogens (tertiary/aromatic N) is 1. The SMILES string of the molecule is CC(Cc1ccc(Cl)cc1)NCc1ccncc1. The first-order valence-corrected chi connectivity index (χ1v) is 6.48. The van der Waals surface area contributed by atoms with Gasteiger partial charge in [-0.1, -0.05) is 23.7 Å². The van der Waals surface area contributed by atoms with E-state index in [0.717, 1.165) is 18.0 Å². The largest absolute Gasteiger partial charge is 0.310 e. The minimum atomic E-state index is 0.430. The van der Waals surface area contributed by atoms with Gasteiger partial charge in [-0.15, -0.1) is 0 Å². The van der Waals surface area contributed by atoms with Gasteiger partial charge in [-0.25, -0.2) is 0 Å². The van der Waals surface area contributed by atoms with E-state index in [1.807, 2.05) is 36.7 Å². The van der Waals surface area contributed by atoms with Gasteiger partial charge in [-0.05, 0) is 48.7 Å². The first-order chi connectivity index (χ1) is 8.74. The van der Waals surface area contributed by atoms with Crippen molar-refractivity contribution in [3.63, 3.8) is 0 Å². The van der Waals surface area contributed by atoms with E-state index in [4.69, 9.17) is 11.6 Å². The maximum Gasteiger partial charge on any atom is 0.0406 e. The van der Waals surface area contributed by atoms with Gasteiger partial charge in [0.15, 0.2) is 0 Å². The molecule has 0 radical (unpaired) electrons. The molecule has 0 saturated carbocycles. The summed E-state index contributed by atoms with van der Waals surface area (Å²) >= 11 is 5.87. The lowest BCUT2D eigenvalue weighted by molar-refractivity contribution is 0.545. The first-order valence-electron chi connectivity index (χ1n) is 6.11. The summed E-state index contributed by atoms with van der Waals surface area (Å²) in [6.45, 7) is 3.06. The molecule has 1 N–H and O–H groups in total. The van der Waals surface area contributed by atoms with Crippen LogP contribution >= 0.6 is 11.6 Å². The van der Waals surface area contributed by atoms with Crippen molar-refractivity contribution >= 4 is 11.6 Å². The Balaban J connectivity index is 1.82. The number of aromatic nitrogens is 1. The summed E-state index contributed by atoms with van der Waals surface area (Å²) in [6.07, 6.45) is 4.64. The molecule has 2 rings (SSSR count). The molecule has 0 aliphatic carbocycles. The second kappa shape index (κ2) is 6.53.